The minimum atomic E-state index is -3.85. The second-order valence-electron chi connectivity index (χ2n) is 7.29. The van der Waals surface area contributed by atoms with E-state index >= 15 is 0 Å². The maximum atomic E-state index is 13.1. The molecule has 0 spiro atoms. The van der Waals surface area contributed by atoms with Gasteiger partial charge in [-0.1, -0.05) is 36.6 Å². The molecule has 1 aliphatic rings. The number of methoxy groups -OCH3 is 1. The Balaban J connectivity index is 1.69. The summed E-state index contributed by atoms with van der Waals surface area (Å²) >= 11 is 6.16. The van der Waals surface area contributed by atoms with Gasteiger partial charge in [0.1, 0.15) is 10.6 Å². The number of nitrogens with zero attached hydrogens (tertiary/aromatic N) is 1. The quantitative estimate of drug-likeness (QED) is 0.606. The molecule has 1 saturated heterocycles. The van der Waals surface area contributed by atoms with E-state index in [2.05, 4.69) is 5.32 Å². The zero-order valence-corrected chi connectivity index (χ0v) is 19.2. The predicted octanol–water partition coefficient (Wildman–Crippen LogP) is 3.71. The zero-order chi connectivity index (χ0) is 23.1. The van der Waals surface area contributed by atoms with E-state index in [9.17, 15) is 18.0 Å². The van der Waals surface area contributed by atoms with Crippen LogP contribution in [0.3, 0.4) is 0 Å². The van der Waals surface area contributed by atoms with Crippen LogP contribution in [-0.2, 0) is 19.6 Å². The largest absolute Gasteiger partial charge is 0.495 e. The Morgan fingerprint density at radius 1 is 1.06 bits per heavy atom. The Hall–Kier alpha value is -2.62. The number of para-hydroxylation sites is 2. The van der Waals surface area contributed by atoms with Crippen LogP contribution < -0.4 is 10.1 Å². The molecule has 1 N–H and O–H groups in total. The molecule has 0 bridgehead atoms. The maximum Gasteiger partial charge on any atom is 0.338 e. The van der Waals surface area contributed by atoms with Crippen LogP contribution in [0.25, 0.3) is 0 Å². The van der Waals surface area contributed by atoms with E-state index in [0.29, 0.717) is 24.5 Å². The molecule has 1 fully saturated rings. The normalized spacial score (nSPS) is 14.9. The van der Waals surface area contributed by atoms with Crippen LogP contribution in [0.15, 0.2) is 47.4 Å². The molecule has 1 aliphatic heterocycles. The summed E-state index contributed by atoms with van der Waals surface area (Å²) in [6.45, 7) is 0.278. The van der Waals surface area contributed by atoms with Gasteiger partial charge in [-0.05, 0) is 43.2 Å². The third-order valence-corrected chi connectivity index (χ3v) is 7.45. The van der Waals surface area contributed by atoms with Gasteiger partial charge in [-0.2, -0.15) is 4.31 Å². The summed E-state index contributed by atoms with van der Waals surface area (Å²) in [5.41, 5.74) is 0.432. The van der Waals surface area contributed by atoms with Gasteiger partial charge < -0.3 is 14.8 Å². The fourth-order valence-electron chi connectivity index (χ4n) is 3.40. The molecule has 1 amide bonds. The van der Waals surface area contributed by atoms with Crippen molar-refractivity contribution in [2.24, 2.45) is 0 Å². The fourth-order valence-corrected chi connectivity index (χ4v) is 5.42. The molecule has 2 aromatic carbocycles. The fraction of sp³-hybridized carbons (Fsp3) is 0.364. The highest BCUT2D eigenvalue weighted by Gasteiger charge is 2.28. The van der Waals surface area contributed by atoms with Crippen molar-refractivity contribution in [1.29, 1.82) is 0 Å². The van der Waals surface area contributed by atoms with Crippen LogP contribution >= 0.6 is 11.6 Å². The summed E-state index contributed by atoms with van der Waals surface area (Å²) in [7, 11) is -2.38. The van der Waals surface area contributed by atoms with Crippen LogP contribution in [0.1, 0.15) is 36.0 Å². The number of rotatable bonds is 7. The molecule has 0 aliphatic carbocycles. The van der Waals surface area contributed by atoms with Crippen LogP contribution in [0.4, 0.5) is 5.69 Å². The lowest BCUT2D eigenvalue weighted by molar-refractivity contribution is -0.119. The zero-order valence-electron chi connectivity index (χ0n) is 17.7. The van der Waals surface area contributed by atoms with Crippen LogP contribution in [-0.4, -0.2) is 51.4 Å². The number of carbonyl (C=O) groups excluding carboxylic acids is 2. The first-order chi connectivity index (χ1) is 15.3. The van der Waals surface area contributed by atoms with Crippen molar-refractivity contribution in [3.05, 3.63) is 53.1 Å². The molecule has 0 saturated carbocycles. The number of benzene rings is 2. The van der Waals surface area contributed by atoms with Crippen molar-refractivity contribution in [3.8, 4) is 5.75 Å². The van der Waals surface area contributed by atoms with Crippen LogP contribution in [0.5, 0.6) is 5.75 Å². The Morgan fingerprint density at radius 3 is 2.44 bits per heavy atom. The smallest absolute Gasteiger partial charge is 0.338 e. The molecule has 10 heteroatoms. The van der Waals surface area contributed by atoms with Gasteiger partial charge in [0, 0.05) is 13.1 Å². The number of ether oxygens (including phenoxy) is 2. The van der Waals surface area contributed by atoms with Gasteiger partial charge in [0.25, 0.3) is 5.91 Å². The van der Waals surface area contributed by atoms with E-state index in [-0.39, 0.29) is 15.5 Å². The molecule has 0 radical (unpaired) electrons. The average molecular weight is 481 g/mol. The monoisotopic (exact) mass is 480 g/mol. The second kappa shape index (κ2) is 10.8. The van der Waals surface area contributed by atoms with Gasteiger partial charge in [0.2, 0.25) is 10.0 Å². The molecule has 3 rings (SSSR count). The molecule has 2 aromatic rings. The minimum Gasteiger partial charge on any atom is -0.495 e. The minimum absolute atomic E-state index is 0.00658. The molecular weight excluding hydrogens is 456 g/mol. The first-order valence-corrected chi connectivity index (χ1v) is 12.0. The van der Waals surface area contributed by atoms with Gasteiger partial charge in [-0.15, -0.1) is 0 Å². The number of anilines is 1. The van der Waals surface area contributed by atoms with Gasteiger partial charge in [0.15, 0.2) is 6.61 Å². The third-order valence-electron chi connectivity index (χ3n) is 5.07. The number of hydrogen-bond acceptors (Lipinski definition) is 6. The maximum absolute atomic E-state index is 13.1. The average Bonchev–Trinajstić information content (AvgIpc) is 3.08. The third kappa shape index (κ3) is 5.79. The number of esters is 1. The lowest BCUT2D eigenvalue weighted by Gasteiger charge is -2.21. The van der Waals surface area contributed by atoms with Crippen LogP contribution in [0, 0.1) is 0 Å². The number of sulfonamides is 1. The summed E-state index contributed by atoms with van der Waals surface area (Å²) < 4.78 is 37.8. The summed E-state index contributed by atoms with van der Waals surface area (Å²) in [5.74, 6) is -0.924. The van der Waals surface area contributed by atoms with E-state index in [4.69, 9.17) is 21.1 Å². The standard InChI is InChI=1S/C22H25ClN2O6S/c1-30-19-9-5-4-8-18(19)24-21(26)15-31-22(27)16-10-11-17(23)20(14-16)32(28,29)25-12-6-2-3-7-13-25/h4-5,8-11,14H,2-3,6-7,12-13,15H2,1H3,(H,24,26). The van der Waals surface area contributed by atoms with Gasteiger partial charge in [0.05, 0.1) is 23.4 Å². The van der Waals surface area contributed by atoms with E-state index < -0.39 is 28.5 Å². The van der Waals surface area contributed by atoms with E-state index in [1.807, 2.05) is 0 Å². The summed E-state index contributed by atoms with van der Waals surface area (Å²) in [4.78, 5) is 24.5. The SMILES string of the molecule is COc1ccccc1NC(=O)COC(=O)c1ccc(Cl)c(S(=O)(=O)N2CCCCCC2)c1. The summed E-state index contributed by atoms with van der Waals surface area (Å²) in [6, 6.07) is 10.7. The number of halogens is 1. The van der Waals surface area contributed by atoms with Crippen molar-refractivity contribution in [2.75, 3.05) is 32.1 Å². The van der Waals surface area contributed by atoms with Gasteiger partial charge in [-0.25, -0.2) is 13.2 Å². The Bertz CT molecular complexity index is 1080. The highest BCUT2D eigenvalue weighted by atomic mass is 35.5. The lowest BCUT2D eigenvalue weighted by atomic mass is 10.2. The molecule has 32 heavy (non-hydrogen) atoms. The highest BCUT2D eigenvalue weighted by Crippen LogP contribution is 2.28. The Labute approximate surface area is 192 Å². The van der Waals surface area contributed by atoms with Crippen LogP contribution in [0.2, 0.25) is 5.02 Å². The molecule has 0 aromatic heterocycles. The molecule has 0 atom stereocenters. The number of carbonyl (C=O) groups is 2. The number of hydrogen-bond donors (Lipinski definition) is 1. The van der Waals surface area contributed by atoms with Crippen molar-refractivity contribution in [3.63, 3.8) is 0 Å². The molecule has 1 heterocycles. The van der Waals surface area contributed by atoms with E-state index in [1.165, 1.54) is 29.6 Å². The van der Waals surface area contributed by atoms with Gasteiger partial charge >= 0.3 is 5.97 Å². The van der Waals surface area contributed by atoms with Crippen molar-refractivity contribution in [1.82, 2.24) is 4.31 Å². The summed E-state index contributed by atoms with van der Waals surface area (Å²) in [6.07, 6.45) is 3.51. The summed E-state index contributed by atoms with van der Waals surface area (Å²) in [5, 5.41) is 2.62. The predicted molar refractivity (Wildman–Crippen MR) is 121 cm³/mol. The van der Waals surface area contributed by atoms with Gasteiger partial charge in [-0.3, -0.25) is 4.79 Å². The highest BCUT2D eigenvalue weighted by molar-refractivity contribution is 7.89. The van der Waals surface area contributed by atoms with Crippen molar-refractivity contribution in [2.45, 2.75) is 30.6 Å². The number of amides is 1. The molecule has 0 unspecified atom stereocenters. The number of nitrogens with one attached hydrogen (secondary N) is 1. The van der Waals surface area contributed by atoms with E-state index in [0.717, 1.165) is 25.7 Å². The Kier molecular flexibility index (Phi) is 8.11. The molecular formula is C22H25ClN2O6S. The first-order valence-electron chi connectivity index (χ1n) is 10.2. The molecule has 8 nitrogen and oxygen atoms in total. The van der Waals surface area contributed by atoms with Crippen molar-refractivity contribution >= 4 is 39.2 Å². The second-order valence-corrected chi connectivity index (χ2v) is 9.60. The molecule has 172 valence electrons. The van der Waals surface area contributed by atoms with Crippen molar-refractivity contribution < 1.29 is 27.5 Å². The van der Waals surface area contributed by atoms with E-state index in [1.54, 1.807) is 24.3 Å². The topological polar surface area (TPSA) is 102 Å². The Morgan fingerprint density at radius 2 is 1.75 bits per heavy atom. The lowest BCUT2D eigenvalue weighted by Crippen LogP contribution is -2.32. The first kappa shape index (κ1) is 24.0.